The average Bonchev–Trinajstić information content (AvgIpc) is 2.44. The van der Waals surface area contributed by atoms with Crippen LogP contribution in [-0.2, 0) is 6.42 Å². The van der Waals surface area contributed by atoms with Gasteiger partial charge in [0.25, 0.3) is 0 Å². The molecule has 0 aliphatic carbocycles. The molecule has 1 aromatic rings. The highest BCUT2D eigenvalue weighted by atomic mass is 16.5. The second-order valence-corrected chi connectivity index (χ2v) is 4.88. The molecule has 19 heavy (non-hydrogen) atoms. The molecule has 3 nitrogen and oxygen atoms in total. The van der Waals surface area contributed by atoms with E-state index in [1.807, 2.05) is 12.1 Å². The highest BCUT2D eigenvalue weighted by molar-refractivity contribution is 5.47. The van der Waals surface area contributed by atoms with E-state index in [1.54, 1.807) is 7.11 Å². The first-order chi connectivity index (χ1) is 9.22. The highest BCUT2D eigenvalue weighted by Crippen LogP contribution is 2.32. The summed E-state index contributed by atoms with van der Waals surface area (Å²) in [6.07, 6.45) is 5.26. The summed E-state index contributed by atoms with van der Waals surface area (Å²) < 4.78 is 11.3. The van der Waals surface area contributed by atoms with Gasteiger partial charge in [0.05, 0.1) is 13.7 Å². The minimum atomic E-state index is 0.171. The number of rotatable bonds is 9. The van der Waals surface area contributed by atoms with Gasteiger partial charge in [0.15, 0.2) is 11.5 Å². The maximum atomic E-state index is 6.05. The number of unbranched alkanes of at least 4 members (excludes halogenated alkanes) is 2. The number of benzene rings is 1. The Morgan fingerprint density at radius 1 is 1.21 bits per heavy atom. The van der Waals surface area contributed by atoms with Gasteiger partial charge in [-0.05, 0) is 30.9 Å². The van der Waals surface area contributed by atoms with Crippen LogP contribution in [0.4, 0.5) is 0 Å². The van der Waals surface area contributed by atoms with E-state index in [-0.39, 0.29) is 6.04 Å². The van der Waals surface area contributed by atoms with Crippen molar-refractivity contribution in [2.24, 2.45) is 5.73 Å². The topological polar surface area (TPSA) is 44.5 Å². The third-order valence-corrected chi connectivity index (χ3v) is 3.28. The van der Waals surface area contributed by atoms with Crippen LogP contribution in [-0.4, -0.2) is 19.8 Å². The largest absolute Gasteiger partial charge is 0.493 e. The van der Waals surface area contributed by atoms with E-state index in [4.69, 9.17) is 15.2 Å². The fraction of sp³-hybridized carbons (Fsp3) is 0.625. The van der Waals surface area contributed by atoms with E-state index >= 15 is 0 Å². The Morgan fingerprint density at radius 3 is 2.63 bits per heavy atom. The summed E-state index contributed by atoms with van der Waals surface area (Å²) in [4.78, 5) is 0. The SMILES string of the molecule is CCCCCOc1c(CC(N)CC)cccc1OC. The van der Waals surface area contributed by atoms with Crippen LogP contribution in [0.1, 0.15) is 45.1 Å². The predicted molar refractivity (Wildman–Crippen MR) is 80.0 cm³/mol. The summed E-state index contributed by atoms with van der Waals surface area (Å²) in [6, 6.07) is 6.18. The Bertz CT molecular complexity index is 366. The zero-order valence-corrected chi connectivity index (χ0v) is 12.4. The van der Waals surface area contributed by atoms with Crippen LogP contribution in [0.3, 0.4) is 0 Å². The summed E-state index contributed by atoms with van der Waals surface area (Å²) >= 11 is 0. The molecule has 0 fully saturated rings. The quantitative estimate of drug-likeness (QED) is 0.694. The van der Waals surface area contributed by atoms with Crippen molar-refractivity contribution in [2.45, 2.75) is 52.0 Å². The maximum Gasteiger partial charge on any atom is 0.164 e. The number of nitrogens with two attached hydrogens (primary N) is 1. The number of hydrogen-bond donors (Lipinski definition) is 1. The lowest BCUT2D eigenvalue weighted by Gasteiger charge is -2.17. The summed E-state index contributed by atoms with van der Waals surface area (Å²) in [5.74, 6) is 1.67. The molecule has 0 spiro atoms. The lowest BCUT2D eigenvalue weighted by molar-refractivity contribution is 0.282. The minimum Gasteiger partial charge on any atom is -0.493 e. The van der Waals surface area contributed by atoms with Crippen molar-refractivity contribution in [3.63, 3.8) is 0 Å². The number of hydrogen-bond acceptors (Lipinski definition) is 3. The second-order valence-electron chi connectivity index (χ2n) is 4.88. The van der Waals surface area contributed by atoms with Crippen molar-refractivity contribution in [2.75, 3.05) is 13.7 Å². The summed E-state index contributed by atoms with van der Waals surface area (Å²) in [7, 11) is 1.68. The van der Waals surface area contributed by atoms with Crippen molar-refractivity contribution >= 4 is 0 Å². The Hall–Kier alpha value is -1.22. The van der Waals surface area contributed by atoms with Crippen LogP contribution in [0, 0.1) is 0 Å². The Balaban J connectivity index is 2.77. The van der Waals surface area contributed by atoms with Crippen LogP contribution in [0.15, 0.2) is 18.2 Å². The molecule has 1 unspecified atom stereocenters. The second kappa shape index (κ2) is 8.81. The van der Waals surface area contributed by atoms with Gasteiger partial charge in [0.2, 0.25) is 0 Å². The molecular weight excluding hydrogens is 238 g/mol. The minimum absolute atomic E-state index is 0.171. The number of para-hydroxylation sites is 1. The van der Waals surface area contributed by atoms with Crippen LogP contribution in [0.25, 0.3) is 0 Å². The van der Waals surface area contributed by atoms with Crippen LogP contribution >= 0.6 is 0 Å². The van der Waals surface area contributed by atoms with Crippen LogP contribution < -0.4 is 15.2 Å². The van der Waals surface area contributed by atoms with E-state index in [0.29, 0.717) is 0 Å². The van der Waals surface area contributed by atoms with Crippen molar-refractivity contribution in [1.82, 2.24) is 0 Å². The molecule has 1 atom stereocenters. The maximum absolute atomic E-state index is 6.05. The Morgan fingerprint density at radius 2 is 2.00 bits per heavy atom. The Kier molecular flexibility index (Phi) is 7.34. The smallest absolute Gasteiger partial charge is 0.164 e. The van der Waals surface area contributed by atoms with E-state index in [0.717, 1.165) is 42.9 Å². The van der Waals surface area contributed by atoms with Gasteiger partial charge >= 0.3 is 0 Å². The van der Waals surface area contributed by atoms with Gasteiger partial charge in [-0.1, -0.05) is 38.8 Å². The number of ether oxygens (including phenoxy) is 2. The molecule has 0 heterocycles. The normalized spacial score (nSPS) is 12.2. The summed E-state index contributed by atoms with van der Waals surface area (Å²) in [6.45, 7) is 5.03. The third kappa shape index (κ3) is 5.11. The molecule has 3 heteroatoms. The van der Waals surface area contributed by atoms with Gasteiger partial charge in [-0.25, -0.2) is 0 Å². The zero-order valence-electron chi connectivity index (χ0n) is 12.4. The molecule has 0 amide bonds. The molecule has 0 radical (unpaired) electrons. The molecule has 0 bridgehead atoms. The van der Waals surface area contributed by atoms with Crippen molar-refractivity contribution in [3.05, 3.63) is 23.8 Å². The van der Waals surface area contributed by atoms with Crippen LogP contribution in [0.2, 0.25) is 0 Å². The van der Waals surface area contributed by atoms with Gasteiger partial charge in [-0.3, -0.25) is 0 Å². The molecule has 108 valence electrons. The fourth-order valence-electron chi connectivity index (χ4n) is 2.00. The first kappa shape index (κ1) is 15.8. The molecule has 0 saturated heterocycles. The molecule has 0 aliphatic rings. The standard InChI is InChI=1S/C16H27NO2/c1-4-6-7-11-19-16-13(12-14(17)5-2)9-8-10-15(16)18-3/h8-10,14H,4-7,11-12,17H2,1-3H3. The molecular formula is C16H27NO2. The highest BCUT2D eigenvalue weighted by Gasteiger charge is 2.12. The molecule has 2 N–H and O–H groups in total. The fourth-order valence-corrected chi connectivity index (χ4v) is 2.00. The van der Waals surface area contributed by atoms with E-state index in [1.165, 1.54) is 12.8 Å². The van der Waals surface area contributed by atoms with Gasteiger partial charge < -0.3 is 15.2 Å². The van der Waals surface area contributed by atoms with Gasteiger partial charge in [0.1, 0.15) is 0 Å². The van der Waals surface area contributed by atoms with Crippen molar-refractivity contribution < 1.29 is 9.47 Å². The predicted octanol–water partition coefficient (Wildman–Crippen LogP) is 3.54. The third-order valence-electron chi connectivity index (χ3n) is 3.28. The van der Waals surface area contributed by atoms with Crippen LogP contribution in [0.5, 0.6) is 11.5 Å². The average molecular weight is 265 g/mol. The molecule has 1 rings (SSSR count). The molecule has 0 aliphatic heterocycles. The summed E-state index contributed by atoms with van der Waals surface area (Å²) in [5, 5.41) is 0. The van der Waals surface area contributed by atoms with Gasteiger partial charge in [-0.2, -0.15) is 0 Å². The van der Waals surface area contributed by atoms with E-state index in [9.17, 15) is 0 Å². The molecule has 0 aromatic heterocycles. The lowest BCUT2D eigenvalue weighted by Crippen LogP contribution is -2.21. The summed E-state index contributed by atoms with van der Waals surface area (Å²) in [5.41, 5.74) is 7.19. The zero-order chi connectivity index (χ0) is 14.1. The van der Waals surface area contributed by atoms with E-state index < -0.39 is 0 Å². The van der Waals surface area contributed by atoms with E-state index in [2.05, 4.69) is 19.9 Å². The Labute approximate surface area is 117 Å². The van der Waals surface area contributed by atoms with Crippen molar-refractivity contribution in [1.29, 1.82) is 0 Å². The van der Waals surface area contributed by atoms with Gasteiger partial charge in [-0.15, -0.1) is 0 Å². The number of methoxy groups -OCH3 is 1. The van der Waals surface area contributed by atoms with Crippen molar-refractivity contribution in [3.8, 4) is 11.5 Å². The molecule has 0 saturated carbocycles. The molecule has 1 aromatic carbocycles. The van der Waals surface area contributed by atoms with Gasteiger partial charge in [0, 0.05) is 6.04 Å². The first-order valence-electron chi connectivity index (χ1n) is 7.27. The monoisotopic (exact) mass is 265 g/mol. The lowest BCUT2D eigenvalue weighted by atomic mass is 10.0. The first-order valence-corrected chi connectivity index (χ1v) is 7.27.